The van der Waals surface area contributed by atoms with E-state index in [-0.39, 0.29) is 0 Å². The maximum absolute atomic E-state index is 10.1. The molecule has 0 atom stereocenters. The maximum atomic E-state index is 10.1. The first kappa shape index (κ1) is 9.66. The molecule has 13 heavy (non-hydrogen) atoms. The van der Waals surface area contributed by atoms with Gasteiger partial charge in [-0.3, -0.25) is 0 Å². The average molecular weight is 199 g/mol. The van der Waals surface area contributed by atoms with Crippen LogP contribution in [0.5, 0.6) is 0 Å². The van der Waals surface area contributed by atoms with Gasteiger partial charge < -0.3 is 4.57 Å². The minimum atomic E-state index is -0.690. The predicted molar refractivity (Wildman–Crippen MR) is 49.8 cm³/mol. The molecule has 5 nitrogen and oxygen atoms in total. The van der Waals surface area contributed by atoms with Crippen molar-refractivity contribution < 1.29 is 5.03 Å². The molecule has 0 unspecified atom stereocenters. The Labute approximate surface area is 78.8 Å². The van der Waals surface area contributed by atoms with E-state index in [1.807, 2.05) is 12.3 Å². The zero-order chi connectivity index (χ0) is 9.84. The van der Waals surface area contributed by atoms with Crippen molar-refractivity contribution in [2.45, 2.75) is 13.5 Å². The molecule has 0 fully saturated rings. The summed E-state index contributed by atoms with van der Waals surface area (Å²) >= 11 is 1.25. The maximum Gasteiger partial charge on any atom is 0.263 e. The highest BCUT2D eigenvalue weighted by molar-refractivity contribution is 7.07. The standard InChI is InChI=1S/C7H9N3O2S/c1-3-4-9-6(2)5-13-7(9)8-10(11)12/h3,5H,1,4H2,2H3/b8-7-. The Kier molecular flexibility index (Phi) is 2.97. The lowest BCUT2D eigenvalue weighted by molar-refractivity contribution is -0.490. The molecular formula is C7H9N3O2S. The van der Waals surface area contributed by atoms with Crippen LogP contribution in [0, 0.1) is 17.0 Å². The topological polar surface area (TPSA) is 60.4 Å². The van der Waals surface area contributed by atoms with Crippen molar-refractivity contribution in [3.05, 3.63) is 38.6 Å². The van der Waals surface area contributed by atoms with E-state index < -0.39 is 5.03 Å². The van der Waals surface area contributed by atoms with E-state index in [0.29, 0.717) is 11.3 Å². The normalized spacial score (nSPS) is 11.6. The van der Waals surface area contributed by atoms with Crippen LogP contribution in [0.2, 0.25) is 0 Å². The van der Waals surface area contributed by atoms with Gasteiger partial charge >= 0.3 is 0 Å². The largest absolute Gasteiger partial charge is 0.312 e. The highest BCUT2D eigenvalue weighted by atomic mass is 32.1. The van der Waals surface area contributed by atoms with Crippen LogP contribution >= 0.6 is 11.3 Å². The van der Waals surface area contributed by atoms with E-state index in [4.69, 9.17) is 0 Å². The summed E-state index contributed by atoms with van der Waals surface area (Å²) in [7, 11) is 0. The van der Waals surface area contributed by atoms with Gasteiger partial charge in [0.25, 0.3) is 4.80 Å². The summed E-state index contributed by atoms with van der Waals surface area (Å²) in [4.78, 5) is 10.5. The first-order valence-corrected chi connectivity index (χ1v) is 4.48. The van der Waals surface area contributed by atoms with Crippen LogP contribution in [0.15, 0.2) is 23.1 Å². The van der Waals surface area contributed by atoms with Crippen molar-refractivity contribution in [3.8, 4) is 0 Å². The van der Waals surface area contributed by atoms with Gasteiger partial charge in [-0.05, 0) is 6.92 Å². The van der Waals surface area contributed by atoms with Gasteiger partial charge in [-0.25, -0.2) is 10.1 Å². The lowest BCUT2D eigenvalue weighted by Crippen LogP contribution is -2.16. The second-order valence-corrected chi connectivity index (χ2v) is 3.23. The van der Waals surface area contributed by atoms with Gasteiger partial charge in [-0.15, -0.1) is 6.58 Å². The van der Waals surface area contributed by atoms with E-state index in [1.165, 1.54) is 11.3 Å². The molecule has 0 saturated heterocycles. The van der Waals surface area contributed by atoms with Gasteiger partial charge in [0.2, 0.25) is 0 Å². The van der Waals surface area contributed by atoms with Crippen molar-refractivity contribution in [2.75, 3.05) is 0 Å². The molecule has 70 valence electrons. The SMILES string of the molecule is C=CCn1c(C)cs/c1=N\[N+](=O)[O-]. The Bertz CT molecular complexity index is 391. The number of nitrogens with zero attached hydrogens (tertiary/aromatic N) is 3. The highest BCUT2D eigenvalue weighted by Crippen LogP contribution is 1.99. The Morgan fingerprint density at radius 2 is 2.62 bits per heavy atom. The predicted octanol–water partition coefficient (Wildman–Crippen LogP) is 1.14. The number of rotatable bonds is 3. The molecule has 0 amide bonds. The third-order valence-corrected chi connectivity index (χ3v) is 2.44. The quantitative estimate of drug-likeness (QED) is 0.416. The molecular weight excluding hydrogens is 190 g/mol. The molecule has 0 aliphatic rings. The number of hydrogen-bond acceptors (Lipinski definition) is 3. The first-order chi connectivity index (χ1) is 6.15. The van der Waals surface area contributed by atoms with E-state index in [0.717, 1.165) is 5.69 Å². The van der Waals surface area contributed by atoms with Crippen LogP contribution in [-0.2, 0) is 6.54 Å². The number of nitro groups is 1. The highest BCUT2D eigenvalue weighted by Gasteiger charge is 2.01. The zero-order valence-electron chi connectivity index (χ0n) is 7.14. The van der Waals surface area contributed by atoms with E-state index in [9.17, 15) is 10.1 Å². The number of allylic oxidation sites excluding steroid dienone is 1. The van der Waals surface area contributed by atoms with Crippen LogP contribution in [0.4, 0.5) is 0 Å². The van der Waals surface area contributed by atoms with Gasteiger partial charge in [0.05, 0.1) is 5.10 Å². The van der Waals surface area contributed by atoms with Crippen molar-refractivity contribution >= 4 is 11.3 Å². The minimum absolute atomic E-state index is 0.391. The molecule has 1 rings (SSSR count). The van der Waals surface area contributed by atoms with Crippen LogP contribution in [0.25, 0.3) is 0 Å². The Morgan fingerprint density at radius 1 is 1.92 bits per heavy atom. The Hall–Kier alpha value is -1.43. The zero-order valence-corrected chi connectivity index (χ0v) is 7.95. The summed E-state index contributed by atoms with van der Waals surface area (Å²) in [5.74, 6) is 0. The monoisotopic (exact) mass is 199 g/mol. The molecule has 1 heterocycles. The second-order valence-electron chi connectivity index (χ2n) is 2.40. The van der Waals surface area contributed by atoms with Crippen LogP contribution in [-0.4, -0.2) is 9.60 Å². The van der Waals surface area contributed by atoms with E-state index >= 15 is 0 Å². The number of hydrogen-bond donors (Lipinski definition) is 0. The molecule has 0 N–H and O–H groups in total. The number of aromatic nitrogens is 1. The molecule has 0 aromatic carbocycles. The van der Waals surface area contributed by atoms with Gasteiger partial charge in [0.15, 0.2) is 5.03 Å². The fraction of sp³-hybridized carbons (Fsp3) is 0.286. The third kappa shape index (κ3) is 2.25. The first-order valence-electron chi connectivity index (χ1n) is 3.60. The van der Waals surface area contributed by atoms with E-state index in [1.54, 1.807) is 10.6 Å². The van der Waals surface area contributed by atoms with Crippen molar-refractivity contribution in [1.29, 1.82) is 0 Å². The van der Waals surface area contributed by atoms with Crippen molar-refractivity contribution in [1.82, 2.24) is 4.57 Å². The van der Waals surface area contributed by atoms with Crippen molar-refractivity contribution in [3.63, 3.8) is 0 Å². The molecule has 0 spiro atoms. The van der Waals surface area contributed by atoms with Crippen LogP contribution in [0.3, 0.4) is 0 Å². The molecule has 0 aliphatic heterocycles. The van der Waals surface area contributed by atoms with Gasteiger partial charge in [-0.1, -0.05) is 17.4 Å². The molecule has 1 aromatic rings. The summed E-state index contributed by atoms with van der Waals surface area (Å²) in [6.07, 6.45) is 1.68. The van der Waals surface area contributed by atoms with Gasteiger partial charge in [0, 0.05) is 17.6 Å². The molecule has 0 aliphatic carbocycles. The minimum Gasteiger partial charge on any atom is -0.312 e. The lowest BCUT2D eigenvalue weighted by atomic mass is 10.5. The summed E-state index contributed by atoms with van der Waals surface area (Å²) < 4.78 is 1.74. The molecule has 6 heteroatoms. The number of aryl methyl sites for hydroxylation is 1. The number of thiazole rings is 1. The Balaban J connectivity index is 3.21. The molecule has 0 bridgehead atoms. The lowest BCUT2D eigenvalue weighted by Gasteiger charge is -1.97. The smallest absolute Gasteiger partial charge is 0.263 e. The fourth-order valence-electron chi connectivity index (χ4n) is 0.915. The average Bonchev–Trinajstić information content (AvgIpc) is 2.35. The Morgan fingerprint density at radius 3 is 3.15 bits per heavy atom. The molecule has 0 saturated carbocycles. The molecule has 1 aromatic heterocycles. The molecule has 0 radical (unpaired) electrons. The summed E-state index contributed by atoms with van der Waals surface area (Å²) in [6, 6.07) is 0. The fourth-order valence-corrected chi connectivity index (χ4v) is 1.78. The summed E-state index contributed by atoms with van der Waals surface area (Å²) in [5.41, 5.74) is 0.950. The van der Waals surface area contributed by atoms with Crippen LogP contribution < -0.4 is 4.80 Å². The van der Waals surface area contributed by atoms with Gasteiger partial charge in [0.1, 0.15) is 0 Å². The summed E-state index contributed by atoms with van der Waals surface area (Å²) in [5, 5.41) is 14.5. The van der Waals surface area contributed by atoms with E-state index in [2.05, 4.69) is 11.7 Å². The van der Waals surface area contributed by atoms with Crippen molar-refractivity contribution in [2.24, 2.45) is 5.10 Å². The third-order valence-electron chi connectivity index (χ3n) is 1.47. The van der Waals surface area contributed by atoms with Crippen LogP contribution in [0.1, 0.15) is 5.69 Å². The summed E-state index contributed by atoms with van der Waals surface area (Å²) in [6.45, 7) is 5.99. The second kappa shape index (κ2) is 3.99. The van der Waals surface area contributed by atoms with Gasteiger partial charge in [-0.2, -0.15) is 0 Å².